The van der Waals surface area contributed by atoms with Gasteiger partial charge in [0.05, 0.1) is 13.2 Å². The van der Waals surface area contributed by atoms with Crippen LogP contribution in [-0.2, 0) is 0 Å². The number of rotatable bonds is 7. The number of halogens is 2. The zero-order chi connectivity index (χ0) is 12.1. The van der Waals surface area contributed by atoms with E-state index in [-0.39, 0.29) is 19.2 Å². The Morgan fingerprint density at radius 1 is 1.47 bits per heavy atom. The highest BCUT2D eigenvalue weighted by atomic mass is 19.3. The van der Waals surface area contributed by atoms with E-state index in [1.165, 1.54) is 0 Å². The van der Waals surface area contributed by atoms with Crippen LogP contribution >= 0.6 is 0 Å². The molecule has 0 aromatic heterocycles. The molecule has 2 atom stereocenters. The predicted molar refractivity (Wildman–Crippen MR) is 57.3 cm³/mol. The molecule has 92 valence electrons. The molecule has 0 heterocycles. The second-order valence-corrected chi connectivity index (χ2v) is 4.35. The highest BCUT2D eigenvalue weighted by Crippen LogP contribution is 2.15. The Labute approximate surface area is 90.5 Å². The molecule has 0 aliphatic carbocycles. The first-order valence-corrected chi connectivity index (χ1v) is 5.13. The molecule has 15 heavy (non-hydrogen) atoms. The smallest absolute Gasteiger partial charge is 0.251 e. The molecule has 0 fully saturated rings. The molecule has 0 saturated heterocycles. The standard InChI is InChI=1S/C10H22F2N2O/c1-8(14(4)6-9(11)12)5-10(2,7-15)13-3/h8-9,13,15H,5-7H2,1-4H3. The van der Waals surface area contributed by atoms with Crippen LogP contribution in [0.4, 0.5) is 8.78 Å². The highest BCUT2D eigenvalue weighted by molar-refractivity contribution is 4.85. The summed E-state index contributed by atoms with van der Waals surface area (Å²) in [7, 11) is 3.43. The minimum absolute atomic E-state index is 0.00333. The number of aliphatic hydroxyl groups is 1. The van der Waals surface area contributed by atoms with Crippen molar-refractivity contribution in [2.45, 2.75) is 38.3 Å². The molecule has 3 nitrogen and oxygen atoms in total. The van der Waals surface area contributed by atoms with E-state index >= 15 is 0 Å². The topological polar surface area (TPSA) is 35.5 Å². The summed E-state index contributed by atoms with van der Waals surface area (Å²) in [6, 6.07) is 0.00333. The summed E-state index contributed by atoms with van der Waals surface area (Å²) in [5.41, 5.74) is -0.407. The average molecular weight is 224 g/mol. The summed E-state index contributed by atoms with van der Waals surface area (Å²) in [6.45, 7) is 3.52. The Balaban J connectivity index is 4.15. The van der Waals surface area contributed by atoms with Crippen molar-refractivity contribution in [3.8, 4) is 0 Å². The summed E-state index contributed by atoms with van der Waals surface area (Å²) in [5, 5.41) is 12.2. The van der Waals surface area contributed by atoms with Crippen LogP contribution in [0.5, 0.6) is 0 Å². The largest absolute Gasteiger partial charge is 0.394 e. The monoisotopic (exact) mass is 224 g/mol. The number of hydrogen-bond donors (Lipinski definition) is 2. The summed E-state index contributed by atoms with van der Waals surface area (Å²) >= 11 is 0. The van der Waals surface area contributed by atoms with Gasteiger partial charge in [0, 0.05) is 11.6 Å². The van der Waals surface area contributed by atoms with Crippen LogP contribution in [0.1, 0.15) is 20.3 Å². The summed E-state index contributed by atoms with van der Waals surface area (Å²) in [4.78, 5) is 1.61. The Hall–Kier alpha value is -0.260. The van der Waals surface area contributed by atoms with Gasteiger partial charge < -0.3 is 10.4 Å². The number of nitrogens with one attached hydrogen (secondary N) is 1. The van der Waals surface area contributed by atoms with E-state index < -0.39 is 12.0 Å². The fraction of sp³-hybridized carbons (Fsp3) is 1.00. The van der Waals surface area contributed by atoms with E-state index in [1.54, 1.807) is 19.0 Å². The number of aliphatic hydroxyl groups excluding tert-OH is 1. The van der Waals surface area contributed by atoms with E-state index in [1.807, 2.05) is 13.8 Å². The lowest BCUT2D eigenvalue weighted by Gasteiger charge is -2.34. The van der Waals surface area contributed by atoms with Gasteiger partial charge in [0.25, 0.3) is 6.43 Å². The molecule has 0 aliphatic heterocycles. The molecular weight excluding hydrogens is 202 g/mol. The van der Waals surface area contributed by atoms with Gasteiger partial charge in [0.1, 0.15) is 0 Å². The third-order valence-electron chi connectivity index (χ3n) is 2.88. The number of alkyl halides is 2. The van der Waals surface area contributed by atoms with Gasteiger partial charge in [-0.05, 0) is 34.4 Å². The second-order valence-electron chi connectivity index (χ2n) is 4.35. The fourth-order valence-corrected chi connectivity index (χ4v) is 1.45. The Morgan fingerprint density at radius 2 is 2.00 bits per heavy atom. The van der Waals surface area contributed by atoms with Crippen LogP contribution in [0.15, 0.2) is 0 Å². The third kappa shape index (κ3) is 5.39. The fourth-order valence-electron chi connectivity index (χ4n) is 1.45. The SMILES string of the molecule is CNC(C)(CO)CC(C)N(C)CC(F)F. The van der Waals surface area contributed by atoms with Crippen molar-refractivity contribution in [2.24, 2.45) is 0 Å². The molecule has 0 rings (SSSR count). The molecular formula is C10H22F2N2O. The molecule has 0 saturated carbocycles. The molecule has 2 N–H and O–H groups in total. The average Bonchev–Trinajstić information content (AvgIpc) is 2.16. The van der Waals surface area contributed by atoms with Gasteiger partial charge in [0.15, 0.2) is 0 Å². The van der Waals surface area contributed by atoms with Crippen molar-refractivity contribution < 1.29 is 13.9 Å². The van der Waals surface area contributed by atoms with Crippen molar-refractivity contribution in [2.75, 3.05) is 27.2 Å². The van der Waals surface area contributed by atoms with Crippen LogP contribution in [0.25, 0.3) is 0 Å². The maximum absolute atomic E-state index is 12.1. The molecule has 0 aromatic rings. The Bertz CT molecular complexity index is 175. The molecule has 5 heteroatoms. The quantitative estimate of drug-likeness (QED) is 0.675. The molecule has 0 spiro atoms. The van der Waals surface area contributed by atoms with Gasteiger partial charge in [-0.25, -0.2) is 8.78 Å². The second kappa shape index (κ2) is 6.35. The Kier molecular flexibility index (Phi) is 6.24. The lowest BCUT2D eigenvalue weighted by atomic mass is 9.94. The lowest BCUT2D eigenvalue weighted by Crippen LogP contribution is -2.49. The minimum atomic E-state index is -2.31. The first-order valence-electron chi connectivity index (χ1n) is 5.13. The zero-order valence-corrected chi connectivity index (χ0v) is 9.93. The van der Waals surface area contributed by atoms with E-state index in [4.69, 9.17) is 5.11 Å². The van der Waals surface area contributed by atoms with Crippen LogP contribution in [0.3, 0.4) is 0 Å². The van der Waals surface area contributed by atoms with E-state index in [9.17, 15) is 8.78 Å². The van der Waals surface area contributed by atoms with Crippen molar-refractivity contribution in [1.82, 2.24) is 10.2 Å². The van der Waals surface area contributed by atoms with E-state index in [0.717, 1.165) is 0 Å². The number of hydrogen-bond acceptors (Lipinski definition) is 3. The van der Waals surface area contributed by atoms with Gasteiger partial charge in [-0.2, -0.15) is 0 Å². The predicted octanol–water partition coefficient (Wildman–Crippen LogP) is 0.932. The maximum atomic E-state index is 12.1. The van der Waals surface area contributed by atoms with Crippen LogP contribution < -0.4 is 5.32 Å². The van der Waals surface area contributed by atoms with Crippen molar-refractivity contribution in [1.29, 1.82) is 0 Å². The number of likely N-dealkylation sites (N-methyl/N-ethyl adjacent to an activating group) is 1. The molecule has 0 bridgehead atoms. The van der Waals surface area contributed by atoms with Gasteiger partial charge >= 0.3 is 0 Å². The molecule has 2 unspecified atom stereocenters. The van der Waals surface area contributed by atoms with E-state index in [2.05, 4.69) is 5.32 Å². The molecule has 0 aromatic carbocycles. The summed E-state index contributed by atoms with van der Waals surface area (Å²) < 4.78 is 24.3. The first-order chi connectivity index (χ1) is 6.84. The van der Waals surface area contributed by atoms with Gasteiger partial charge in [-0.1, -0.05) is 0 Å². The number of nitrogens with zero attached hydrogens (tertiary/aromatic N) is 1. The van der Waals surface area contributed by atoms with Crippen molar-refractivity contribution >= 4 is 0 Å². The van der Waals surface area contributed by atoms with Gasteiger partial charge in [0.2, 0.25) is 0 Å². The van der Waals surface area contributed by atoms with Crippen LogP contribution in [-0.4, -0.2) is 55.3 Å². The van der Waals surface area contributed by atoms with Gasteiger partial charge in [-0.15, -0.1) is 0 Å². The normalized spacial score (nSPS) is 18.2. The maximum Gasteiger partial charge on any atom is 0.251 e. The van der Waals surface area contributed by atoms with Gasteiger partial charge in [-0.3, -0.25) is 4.90 Å². The molecule has 0 amide bonds. The molecule has 0 radical (unpaired) electrons. The van der Waals surface area contributed by atoms with Crippen LogP contribution in [0, 0.1) is 0 Å². The van der Waals surface area contributed by atoms with E-state index in [0.29, 0.717) is 6.42 Å². The van der Waals surface area contributed by atoms with Crippen molar-refractivity contribution in [3.63, 3.8) is 0 Å². The first kappa shape index (κ1) is 14.7. The highest BCUT2D eigenvalue weighted by Gasteiger charge is 2.26. The lowest BCUT2D eigenvalue weighted by molar-refractivity contribution is 0.0679. The molecule has 0 aliphatic rings. The minimum Gasteiger partial charge on any atom is -0.394 e. The van der Waals surface area contributed by atoms with Crippen LogP contribution in [0.2, 0.25) is 0 Å². The zero-order valence-electron chi connectivity index (χ0n) is 9.93. The summed E-state index contributed by atoms with van der Waals surface area (Å²) in [6.07, 6.45) is -1.68. The third-order valence-corrected chi connectivity index (χ3v) is 2.88. The Morgan fingerprint density at radius 3 is 2.33 bits per heavy atom. The summed E-state index contributed by atoms with van der Waals surface area (Å²) in [5.74, 6) is 0. The van der Waals surface area contributed by atoms with Crippen molar-refractivity contribution in [3.05, 3.63) is 0 Å².